The summed E-state index contributed by atoms with van der Waals surface area (Å²) < 4.78 is 13.9. The van der Waals surface area contributed by atoms with Crippen LogP contribution in [0.4, 0.5) is 10.1 Å². The standard InChI is InChI=1S/C14H19FN2O/c1-11(2)9-17(7-3-6-16)14-5-4-12(10-18)8-13(14)15/h4-5,8,11,18H,3,7,9-10H2,1-2H3. The number of hydrogen-bond donors (Lipinski definition) is 1. The molecule has 0 fully saturated rings. The first kappa shape index (κ1) is 14.5. The van der Waals surface area contributed by atoms with Crippen LogP contribution in [0.3, 0.4) is 0 Å². The zero-order valence-electron chi connectivity index (χ0n) is 10.9. The second kappa shape index (κ2) is 6.97. The van der Waals surface area contributed by atoms with Crippen molar-refractivity contribution >= 4 is 5.69 Å². The number of nitriles is 1. The summed E-state index contributed by atoms with van der Waals surface area (Å²) in [6.07, 6.45) is 0.369. The summed E-state index contributed by atoms with van der Waals surface area (Å²) in [6.45, 7) is 5.17. The molecule has 0 aromatic heterocycles. The number of halogens is 1. The number of nitrogens with zero attached hydrogens (tertiary/aromatic N) is 2. The van der Waals surface area contributed by atoms with E-state index >= 15 is 0 Å². The summed E-state index contributed by atoms with van der Waals surface area (Å²) >= 11 is 0. The van der Waals surface area contributed by atoms with Gasteiger partial charge in [0.1, 0.15) is 5.82 Å². The normalized spacial score (nSPS) is 10.4. The van der Waals surface area contributed by atoms with E-state index in [0.717, 1.165) is 0 Å². The number of aliphatic hydroxyl groups is 1. The van der Waals surface area contributed by atoms with E-state index in [9.17, 15) is 4.39 Å². The zero-order chi connectivity index (χ0) is 13.5. The molecule has 3 nitrogen and oxygen atoms in total. The molecule has 1 aromatic carbocycles. The monoisotopic (exact) mass is 250 g/mol. The Hall–Kier alpha value is -1.60. The molecule has 18 heavy (non-hydrogen) atoms. The van der Waals surface area contributed by atoms with E-state index in [2.05, 4.69) is 19.9 Å². The van der Waals surface area contributed by atoms with Crippen molar-refractivity contribution in [2.45, 2.75) is 26.9 Å². The lowest BCUT2D eigenvalue weighted by molar-refractivity contribution is 0.281. The van der Waals surface area contributed by atoms with Crippen LogP contribution < -0.4 is 4.90 Å². The van der Waals surface area contributed by atoms with Gasteiger partial charge in [0.05, 0.1) is 24.8 Å². The Morgan fingerprint density at radius 3 is 2.67 bits per heavy atom. The number of hydrogen-bond acceptors (Lipinski definition) is 3. The molecule has 0 saturated carbocycles. The molecule has 4 heteroatoms. The number of anilines is 1. The lowest BCUT2D eigenvalue weighted by atomic mass is 10.1. The maximum atomic E-state index is 13.9. The van der Waals surface area contributed by atoms with Gasteiger partial charge in [-0.05, 0) is 23.6 Å². The van der Waals surface area contributed by atoms with Gasteiger partial charge in [-0.15, -0.1) is 0 Å². The summed E-state index contributed by atoms with van der Waals surface area (Å²) in [6, 6.07) is 6.80. The molecule has 1 N–H and O–H groups in total. The Labute approximate surface area is 107 Å². The minimum absolute atomic E-state index is 0.167. The van der Waals surface area contributed by atoms with Crippen molar-refractivity contribution in [2.24, 2.45) is 5.92 Å². The van der Waals surface area contributed by atoms with E-state index in [0.29, 0.717) is 36.7 Å². The highest BCUT2D eigenvalue weighted by molar-refractivity contribution is 5.49. The molecule has 1 aromatic rings. The van der Waals surface area contributed by atoms with E-state index in [4.69, 9.17) is 10.4 Å². The molecule has 0 aliphatic heterocycles. The van der Waals surface area contributed by atoms with Crippen molar-refractivity contribution in [1.29, 1.82) is 5.26 Å². The maximum Gasteiger partial charge on any atom is 0.146 e. The van der Waals surface area contributed by atoms with Crippen LogP contribution in [-0.2, 0) is 6.61 Å². The highest BCUT2D eigenvalue weighted by Crippen LogP contribution is 2.22. The first-order valence-corrected chi connectivity index (χ1v) is 6.09. The molecular formula is C14H19FN2O. The van der Waals surface area contributed by atoms with Crippen LogP contribution in [0.1, 0.15) is 25.8 Å². The second-order valence-electron chi connectivity index (χ2n) is 4.69. The Morgan fingerprint density at radius 1 is 1.44 bits per heavy atom. The van der Waals surface area contributed by atoms with Crippen molar-refractivity contribution in [2.75, 3.05) is 18.0 Å². The molecular weight excluding hydrogens is 231 g/mol. The van der Waals surface area contributed by atoms with Crippen LogP contribution in [0, 0.1) is 23.1 Å². The van der Waals surface area contributed by atoms with Gasteiger partial charge >= 0.3 is 0 Å². The van der Waals surface area contributed by atoms with E-state index in [1.807, 2.05) is 4.90 Å². The lowest BCUT2D eigenvalue weighted by Crippen LogP contribution is -2.29. The van der Waals surface area contributed by atoms with Crippen LogP contribution >= 0.6 is 0 Å². The average molecular weight is 250 g/mol. The van der Waals surface area contributed by atoms with Crippen molar-refractivity contribution in [3.63, 3.8) is 0 Å². The number of aliphatic hydroxyl groups excluding tert-OH is 1. The third-order valence-corrected chi connectivity index (χ3v) is 2.61. The molecule has 0 unspecified atom stereocenters. The van der Waals surface area contributed by atoms with Crippen LogP contribution in [-0.4, -0.2) is 18.2 Å². The minimum Gasteiger partial charge on any atom is -0.392 e. The molecule has 0 radical (unpaired) electrons. The predicted octanol–water partition coefficient (Wildman–Crippen LogP) is 2.69. The van der Waals surface area contributed by atoms with E-state index in [-0.39, 0.29) is 12.4 Å². The molecule has 0 aliphatic rings. The fourth-order valence-electron chi connectivity index (χ4n) is 1.84. The largest absolute Gasteiger partial charge is 0.392 e. The van der Waals surface area contributed by atoms with Gasteiger partial charge in [-0.25, -0.2) is 4.39 Å². The molecule has 0 spiro atoms. The van der Waals surface area contributed by atoms with Crippen molar-refractivity contribution in [3.8, 4) is 6.07 Å². The molecule has 0 bridgehead atoms. The minimum atomic E-state index is -0.347. The number of benzene rings is 1. The molecule has 1 rings (SSSR count). The summed E-state index contributed by atoms with van der Waals surface area (Å²) in [5, 5.41) is 17.6. The van der Waals surface area contributed by atoms with Crippen molar-refractivity contribution < 1.29 is 9.50 Å². The summed E-state index contributed by atoms with van der Waals surface area (Å²) in [5.74, 6) is 0.0424. The Bertz CT molecular complexity index is 426. The van der Waals surface area contributed by atoms with Crippen molar-refractivity contribution in [1.82, 2.24) is 0 Å². The van der Waals surface area contributed by atoms with Gasteiger partial charge in [0, 0.05) is 13.1 Å². The highest BCUT2D eigenvalue weighted by Gasteiger charge is 2.13. The molecule has 0 heterocycles. The molecule has 0 atom stereocenters. The van der Waals surface area contributed by atoms with Gasteiger partial charge in [0.25, 0.3) is 0 Å². The summed E-state index contributed by atoms with van der Waals surface area (Å²) in [4.78, 5) is 1.88. The highest BCUT2D eigenvalue weighted by atomic mass is 19.1. The SMILES string of the molecule is CC(C)CN(CCC#N)c1ccc(CO)cc1F. The van der Waals surface area contributed by atoms with Crippen LogP contribution in [0.2, 0.25) is 0 Å². The Kier molecular flexibility index (Phi) is 5.60. The van der Waals surface area contributed by atoms with Gasteiger partial charge in [-0.3, -0.25) is 0 Å². The first-order chi connectivity index (χ1) is 8.58. The van der Waals surface area contributed by atoms with Crippen LogP contribution in [0.25, 0.3) is 0 Å². The maximum absolute atomic E-state index is 13.9. The van der Waals surface area contributed by atoms with Gasteiger partial charge < -0.3 is 10.0 Å². The van der Waals surface area contributed by atoms with Crippen LogP contribution in [0.15, 0.2) is 18.2 Å². The van der Waals surface area contributed by atoms with Gasteiger partial charge in [0.15, 0.2) is 0 Å². The van der Waals surface area contributed by atoms with E-state index in [1.54, 1.807) is 12.1 Å². The topological polar surface area (TPSA) is 47.3 Å². The smallest absolute Gasteiger partial charge is 0.146 e. The van der Waals surface area contributed by atoms with E-state index in [1.165, 1.54) is 6.07 Å². The quantitative estimate of drug-likeness (QED) is 0.844. The molecule has 0 saturated heterocycles. The van der Waals surface area contributed by atoms with Crippen LogP contribution in [0.5, 0.6) is 0 Å². The Morgan fingerprint density at radius 2 is 2.17 bits per heavy atom. The summed E-state index contributed by atoms with van der Waals surface area (Å²) in [7, 11) is 0. The predicted molar refractivity (Wildman–Crippen MR) is 69.6 cm³/mol. The molecule has 98 valence electrons. The van der Waals surface area contributed by atoms with Crippen molar-refractivity contribution in [3.05, 3.63) is 29.6 Å². The average Bonchev–Trinajstić information content (AvgIpc) is 2.34. The Balaban J connectivity index is 2.93. The molecule has 0 aliphatic carbocycles. The first-order valence-electron chi connectivity index (χ1n) is 6.09. The number of rotatable bonds is 6. The van der Waals surface area contributed by atoms with Gasteiger partial charge in [-0.2, -0.15) is 5.26 Å². The summed E-state index contributed by atoms with van der Waals surface area (Å²) in [5.41, 5.74) is 1.05. The second-order valence-corrected chi connectivity index (χ2v) is 4.69. The molecule has 0 amide bonds. The fraction of sp³-hybridized carbons (Fsp3) is 0.500. The fourth-order valence-corrected chi connectivity index (χ4v) is 1.84. The van der Waals surface area contributed by atoms with E-state index < -0.39 is 0 Å². The third kappa shape index (κ3) is 4.01. The zero-order valence-corrected chi connectivity index (χ0v) is 10.9. The van der Waals surface area contributed by atoms with Gasteiger partial charge in [-0.1, -0.05) is 19.9 Å². The third-order valence-electron chi connectivity index (χ3n) is 2.61. The lowest BCUT2D eigenvalue weighted by Gasteiger charge is -2.26. The van der Waals surface area contributed by atoms with Gasteiger partial charge in [0.2, 0.25) is 0 Å².